The summed E-state index contributed by atoms with van der Waals surface area (Å²) in [7, 11) is -2.41. The Balaban J connectivity index is 1.98. The maximum atomic E-state index is 13.5. The smallest absolute Gasteiger partial charge is 0.208 e. The summed E-state index contributed by atoms with van der Waals surface area (Å²) in [4.78, 5) is 17.7. The molecule has 1 heterocycles. The van der Waals surface area contributed by atoms with E-state index in [0.717, 1.165) is 0 Å². The molecule has 29 heavy (non-hydrogen) atoms. The third-order valence-corrected chi connectivity index (χ3v) is 6.52. The number of carbonyl (C=O) groups excluding carboxylic acids is 1. The molecular formula is C23H17NO4S. The normalized spacial score (nSPS) is 11.3. The molecule has 0 aliphatic carbocycles. The third-order valence-electron chi connectivity index (χ3n) is 4.65. The zero-order chi connectivity index (χ0) is 20.4. The number of aromatic nitrogens is 1. The largest absolute Gasteiger partial charge is 0.497 e. The van der Waals surface area contributed by atoms with Crippen LogP contribution < -0.4 is 4.74 Å². The van der Waals surface area contributed by atoms with Crippen molar-refractivity contribution in [3.63, 3.8) is 0 Å². The molecule has 4 rings (SSSR count). The summed E-state index contributed by atoms with van der Waals surface area (Å²) in [5, 5.41) is 0.413. The number of fused-ring (bicyclic) bond motifs is 1. The van der Waals surface area contributed by atoms with Crippen LogP contribution in [-0.2, 0) is 9.84 Å². The Kier molecular flexibility index (Phi) is 4.86. The van der Waals surface area contributed by atoms with Gasteiger partial charge in [-0.3, -0.25) is 9.78 Å². The minimum Gasteiger partial charge on any atom is -0.497 e. The Morgan fingerprint density at radius 1 is 0.862 bits per heavy atom. The Morgan fingerprint density at radius 2 is 1.52 bits per heavy atom. The first-order valence-corrected chi connectivity index (χ1v) is 10.4. The SMILES string of the molecule is COc1ccc(C(=O)c2cnc3ccccc3c2S(=O)(=O)c2ccccc2)cc1. The Labute approximate surface area is 168 Å². The van der Waals surface area contributed by atoms with E-state index >= 15 is 0 Å². The van der Waals surface area contributed by atoms with Crippen LogP contribution in [0.2, 0.25) is 0 Å². The maximum absolute atomic E-state index is 13.5. The molecule has 0 saturated heterocycles. The standard InChI is InChI=1S/C23H17NO4S/c1-28-17-13-11-16(12-14-17)22(25)20-15-24-21-10-6-5-9-19(21)23(20)29(26,27)18-7-3-2-4-8-18/h2-15H,1H3. The molecule has 0 N–H and O–H groups in total. The lowest BCUT2D eigenvalue weighted by molar-refractivity contribution is 0.103. The summed E-state index contributed by atoms with van der Waals surface area (Å²) in [5.41, 5.74) is 0.901. The van der Waals surface area contributed by atoms with E-state index in [2.05, 4.69) is 4.98 Å². The Morgan fingerprint density at radius 3 is 2.21 bits per heavy atom. The number of pyridine rings is 1. The molecular weight excluding hydrogens is 386 g/mol. The lowest BCUT2D eigenvalue weighted by Gasteiger charge is -2.13. The molecule has 0 aliphatic heterocycles. The van der Waals surface area contributed by atoms with Gasteiger partial charge >= 0.3 is 0 Å². The summed E-state index contributed by atoms with van der Waals surface area (Å²) in [6, 6.07) is 21.5. The topological polar surface area (TPSA) is 73.3 Å². The number of hydrogen-bond acceptors (Lipinski definition) is 5. The first-order chi connectivity index (χ1) is 14.0. The first kappa shape index (κ1) is 18.8. The van der Waals surface area contributed by atoms with Crippen LogP contribution in [0.25, 0.3) is 10.9 Å². The predicted molar refractivity (Wildman–Crippen MR) is 110 cm³/mol. The predicted octanol–water partition coefficient (Wildman–Crippen LogP) is 4.31. The van der Waals surface area contributed by atoms with Crippen LogP contribution in [0.3, 0.4) is 0 Å². The average Bonchev–Trinajstić information content (AvgIpc) is 2.78. The highest BCUT2D eigenvalue weighted by atomic mass is 32.2. The average molecular weight is 403 g/mol. The van der Waals surface area contributed by atoms with Crippen molar-refractivity contribution >= 4 is 26.5 Å². The van der Waals surface area contributed by atoms with Crippen LogP contribution in [0.1, 0.15) is 15.9 Å². The summed E-state index contributed by atoms with van der Waals surface area (Å²) < 4.78 is 32.1. The highest BCUT2D eigenvalue weighted by Gasteiger charge is 2.28. The van der Waals surface area contributed by atoms with Gasteiger partial charge in [-0.05, 0) is 42.5 Å². The molecule has 1 aromatic heterocycles. The number of ether oxygens (including phenoxy) is 1. The number of nitrogens with zero attached hydrogens (tertiary/aromatic N) is 1. The molecule has 0 atom stereocenters. The van der Waals surface area contributed by atoms with E-state index < -0.39 is 15.6 Å². The molecule has 0 amide bonds. The van der Waals surface area contributed by atoms with E-state index in [1.807, 2.05) is 0 Å². The van der Waals surface area contributed by atoms with E-state index in [1.165, 1.54) is 25.4 Å². The molecule has 144 valence electrons. The van der Waals surface area contributed by atoms with E-state index in [-0.39, 0.29) is 15.4 Å². The molecule has 0 fully saturated rings. The molecule has 5 nitrogen and oxygen atoms in total. The zero-order valence-electron chi connectivity index (χ0n) is 15.6. The fourth-order valence-corrected chi connectivity index (χ4v) is 4.83. The molecule has 0 bridgehead atoms. The van der Waals surface area contributed by atoms with Gasteiger partial charge in [0.2, 0.25) is 9.84 Å². The van der Waals surface area contributed by atoms with Gasteiger partial charge in [0.15, 0.2) is 5.78 Å². The van der Waals surface area contributed by atoms with E-state index in [0.29, 0.717) is 22.2 Å². The zero-order valence-corrected chi connectivity index (χ0v) is 16.4. The summed E-state index contributed by atoms with van der Waals surface area (Å²) >= 11 is 0. The molecule has 3 aromatic carbocycles. The lowest BCUT2D eigenvalue weighted by Crippen LogP contribution is -2.12. The van der Waals surface area contributed by atoms with Gasteiger partial charge in [-0.1, -0.05) is 36.4 Å². The van der Waals surface area contributed by atoms with E-state index in [4.69, 9.17) is 4.74 Å². The van der Waals surface area contributed by atoms with Crippen LogP contribution in [0.5, 0.6) is 5.75 Å². The lowest BCUT2D eigenvalue weighted by atomic mass is 10.0. The number of sulfone groups is 1. The fraction of sp³-hybridized carbons (Fsp3) is 0.0435. The van der Waals surface area contributed by atoms with Gasteiger partial charge in [-0.2, -0.15) is 0 Å². The summed E-state index contributed by atoms with van der Waals surface area (Å²) in [6.45, 7) is 0. The van der Waals surface area contributed by atoms with E-state index in [1.54, 1.807) is 66.7 Å². The Bertz CT molecular complexity index is 1300. The van der Waals surface area contributed by atoms with Crippen molar-refractivity contribution in [2.75, 3.05) is 7.11 Å². The molecule has 6 heteroatoms. The van der Waals surface area contributed by atoms with Crippen molar-refractivity contribution in [2.45, 2.75) is 9.79 Å². The molecule has 0 spiro atoms. The van der Waals surface area contributed by atoms with Gasteiger partial charge in [-0.15, -0.1) is 0 Å². The van der Waals surface area contributed by atoms with Gasteiger partial charge in [0.25, 0.3) is 0 Å². The monoisotopic (exact) mass is 403 g/mol. The minimum atomic E-state index is -3.95. The van der Waals surface area contributed by atoms with Crippen molar-refractivity contribution in [2.24, 2.45) is 0 Å². The van der Waals surface area contributed by atoms with Crippen molar-refractivity contribution in [3.05, 3.63) is 96.2 Å². The highest BCUT2D eigenvalue weighted by Crippen LogP contribution is 2.32. The van der Waals surface area contributed by atoms with Gasteiger partial charge in [0.1, 0.15) is 5.75 Å². The van der Waals surface area contributed by atoms with Crippen LogP contribution in [-0.4, -0.2) is 26.3 Å². The maximum Gasteiger partial charge on any atom is 0.208 e. The number of ketones is 1. The number of hydrogen-bond donors (Lipinski definition) is 0. The highest BCUT2D eigenvalue weighted by molar-refractivity contribution is 7.91. The summed E-state index contributed by atoms with van der Waals surface area (Å²) in [5.74, 6) is 0.190. The van der Waals surface area contributed by atoms with Crippen LogP contribution in [0.15, 0.2) is 94.9 Å². The number of methoxy groups -OCH3 is 1. The van der Waals surface area contributed by atoms with Crippen molar-refractivity contribution in [1.29, 1.82) is 0 Å². The van der Waals surface area contributed by atoms with Gasteiger partial charge in [0, 0.05) is 17.1 Å². The van der Waals surface area contributed by atoms with E-state index in [9.17, 15) is 13.2 Å². The van der Waals surface area contributed by atoms with Crippen molar-refractivity contribution in [1.82, 2.24) is 4.98 Å². The molecule has 0 aliphatic rings. The van der Waals surface area contributed by atoms with Crippen LogP contribution >= 0.6 is 0 Å². The second-order valence-electron chi connectivity index (χ2n) is 6.39. The van der Waals surface area contributed by atoms with Crippen molar-refractivity contribution in [3.8, 4) is 5.75 Å². The van der Waals surface area contributed by atoms with Crippen LogP contribution in [0.4, 0.5) is 0 Å². The fourth-order valence-electron chi connectivity index (χ4n) is 3.18. The second kappa shape index (κ2) is 7.48. The van der Waals surface area contributed by atoms with Crippen LogP contribution in [0, 0.1) is 0 Å². The third kappa shape index (κ3) is 3.39. The number of rotatable bonds is 5. The second-order valence-corrected chi connectivity index (χ2v) is 8.28. The number of benzene rings is 3. The molecule has 0 unspecified atom stereocenters. The van der Waals surface area contributed by atoms with Crippen molar-refractivity contribution < 1.29 is 17.9 Å². The van der Waals surface area contributed by atoms with Gasteiger partial charge in [0.05, 0.1) is 28.0 Å². The molecule has 4 aromatic rings. The molecule has 0 saturated carbocycles. The van der Waals surface area contributed by atoms with Gasteiger partial charge < -0.3 is 4.74 Å². The summed E-state index contributed by atoms with van der Waals surface area (Å²) in [6.07, 6.45) is 1.34. The molecule has 0 radical (unpaired) electrons. The number of carbonyl (C=O) groups is 1. The number of para-hydroxylation sites is 1. The Hall–Kier alpha value is -3.51. The quantitative estimate of drug-likeness (QED) is 0.464. The first-order valence-electron chi connectivity index (χ1n) is 8.89. The minimum absolute atomic E-state index is 0.0323. The van der Waals surface area contributed by atoms with Gasteiger partial charge in [-0.25, -0.2) is 8.42 Å².